The zero-order valence-electron chi connectivity index (χ0n) is 14.9. The first kappa shape index (κ1) is 14.7. The fraction of sp³-hybridized carbons (Fsp3) is 0.900. The molecule has 0 aromatic heterocycles. The van der Waals surface area contributed by atoms with Gasteiger partial charge in [-0.3, -0.25) is 0 Å². The van der Waals surface area contributed by atoms with Crippen molar-refractivity contribution in [1.82, 2.24) is 0 Å². The summed E-state index contributed by atoms with van der Waals surface area (Å²) in [6, 6.07) is 0. The van der Waals surface area contributed by atoms with E-state index in [1.807, 2.05) is 0 Å². The second-order valence-corrected chi connectivity index (χ2v) is 9.14. The third-order valence-electron chi connectivity index (χ3n) is 9.07. The van der Waals surface area contributed by atoms with Crippen molar-refractivity contribution in [3.8, 4) is 0 Å². The molecule has 3 rings (SSSR count). The van der Waals surface area contributed by atoms with Gasteiger partial charge >= 0.3 is 0 Å². The molecule has 8 atom stereocenters. The van der Waals surface area contributed by atoms with E-state index in [1.54, 1.807) is 11.1 Å². The number of rotatable bonds is 0. The number of fused-ring (bicyclic) bond motifs is 4. The van der Waals surface area contributed by atoms with E-state index in [0.29, 0.717) is 10.8 Å². The Labute approximate surface area is 126 Å². The van der Waals surface area contributed by atoms with Crippen molar-refractivity contribution in [2.75, 3.05) is 0 Å². The van der Waals surface area contributed by atoms with E-state index in [-0.39, 0.29) is 0 Å². The van der Waals surface area contributed by atoms with Crippen LogP contribution in [0.4, 0.5) is 0 Å². The molecule has 0 radical (unpaired) electrons. The number of allylic oxidation sites excluding steroid dienone is 2. The molecular weight excluding hydrogens is 240 g/mol. The zero-order valence-corrected chi connectivity index (χ0v) is 14.9. The Morgan fingerprint density at radius 1 is 0.900 bits per heavy atom. The smallest absolute Gasteiger partial charge is 0.00798 e. The van der Waals surface area contributed by atoms with E-state index in [4.69, 9.17) is 0 Å². The van der Waals surface area contributed by atoms with Gasteiger partial charge in [-0.1, -0.05) is 52.7 Å². The van der Waals surface area contributed by atoms with Crippen LogP contribution in [0.2, 0.25) is 0 Å². The maximum atomic E-state index is 2.61. The van der Waals surface area contributed by atoms with Gasteiger partial charge in [0.2, 0.25) is 0 Å². The highest BCUT2D eigenvalue weighted by Gasteiger charge is 2.60. The Bertz CT molecular complexity index is 459. The maximum Gasteiger partial charge on any atom is -0.00798 e. The topological polar surface area (TPSA) is 0 Å². The summed E-state index contributed by atoms with van der Waals surface area (Å²) in [7, 11) is 0. The highest BCUT2D eigenvalue weighted by atomic mass is 14.6. The molecule has 3 aliphatic carbocycles. The lowest BCUT2D eigenvalue weighted by Crippen LogP contribution is -2.39. The van der Waals surface area contributed by atoms with Gasteiger partial charge in [0.1, 0.15) is 0 Å². The third-order valence-corrected chi connectivity index (χ3v) is 9.07. The maximum absolute atomic E-state index is 2.61. The Morgan fingerprint density at radius 3 is 2.10 bits per heavy atom. The highest BCUT2D eigenvalue weighted by Crippen LogP contribution is 2.67. The van der Waals surface area contributed by atoms with Crippen LogP contribution >= 0.6 is 0 Å². The van der Waals surface area contributed by atoms with Crippen molar-refractivity contribution in [2.24, 2.45) is 46.3 Å². The lowest BCUT2D eigenvalue weighted by Gasteiger charge is -2.47. The molecule has 0 heterocycles. The van der Waals surface area contributed by atoms with Crippen LogP contribution in [0, 0.1) is 46.3 Å². The summed E-state index contributed by atoms with van der Waals surface area (Å²) in [5, 5.41) is 0. The molecule has 114 valence electrons. The van der Waals surface area contributed by atoms with Crippen LogP contribution in [0.3, 0.4) is 0 Å². The third kappa shape index (κ3) is 1.49. The summed E-state index contributed by atoms with van der Waals surface area (Å²) in [4.78, 5) is 0. The average Bonchev–Trinajstić information content (AvgIpc) is 2.66. The van der Waals surface area contributed by atoms with E-state index in [0.717, 1.165) is 35.5 Å². The van der Waals surface area contributed by atoms with Gasteiger partial charge in [0.05, 0.1) is 0 Å². The summed E-state index contributed by atoms with van der Waals surface area (Å²) in [5.41, 5.74) is 4.45. The van der Waals surface area contributed by atoms with Crippen LogP contribution in [-0.4, -0.2) is 0 Å². The van der Waals surface area contributed by atoms with Gasteiger partial charge in [0, 0.05) is 0 Å². The van der Waals surface area contributed by atoms with Crippen molar-refractivity contribution in [2.45, 2.75) is 68.2 Å². The van der Waals surface area contributed by atoms with Gasteiger partial charge < -0.3 is 0 Å². The predicted octanol–water partition coefficient (Wildman–Crippen LogP) is 5.93. The normalized spacial score (nSPS) is 58.8. The largest absolute Gasteiger partial charge is 0.0704 e. The molecule has 2 saturated carbocycles. The summed E-state index contributed by atoms with van der Waals surface area (Å²) < 4.78 is 0. The Morgan fingerprint density at radius 2 is 1.50 bits per heavy atom. The van der Waals surface area contributed by atoms with Crippen LogP contribution in [0.5, 0.6) is 0 Å². The van der Waals surface area contributed by atoms with E-state index in [2.05, 4.69) is 55.4 Å². The van der Waals surface area contributed by atoms with E-state index in [9.17, 15) is 0 Å². The highest BCUT2D eigenvalue weighted by molar-refractivity contribution is 5.31. The minimum absolute atomic E-state index is 0.445. The van der Waals surface area contributed by atoms with Crippen molar-refractivity contribution in [3.05, 3.63) is 11.1 Å². The van der Waals surface area contributed by atoms with Gasteiger partial charge in [-0.2, -0.15) is 0 Å². The molecular formula is C20H34. The van der Waals surface area contributed by atoms with Crippen molar-refractivity contribution >= 4 is 0 Å². The van der Waals surface area contributed by atoms with E-state index >= 15 is 0 Å². The molecule has 20 heavy (non-hydrogen) atoms. The van der Waals surface area contributed by atoms with Crippen LogP contribution in [0.25, 0.3) is 0 Å². The van der Waals surface area contributed by atoms with Gasteiger partial charge in [0.15, 0.2) is 0 Å². The van der Waals surface area contributed by atoms with Gasteiger partial charge in [0.25, 0.3) is 0 Å². The Balaban J connectivity index is 2.14. The monoisotopic (exact) mass is 274 g/mol. The fourth-order valence-electron chi connectivity index (χ4n) is 6.72. The van der Waals surface area contributed by atoms with Crippen molar-refractivity contribution in [1.29, 1.82) is 0 Å². The number of hydrogen-bond donors (Lipinski definition) is 0. The van der Waals surface area contributed by atoms with Crippen molar-refractivity contribution < 1.29 is 0 Å². The van der Waals surface area contributed by atoms with Crippen LogP contribution in [0.15, 0.2) is 11.1 Å². The Hall–Kier alpha value is -0.260. The SMILES string of the molecule is CC1=C(C)[C@]2(C)CC3(C)C(C)[C@H](C[C@H]1C2C)C(C)[C@@H]3C. The van der Waals surface area contributed by atoms with Gasteiger partial charge in [-0.05, 0) is 73.0 Å². The lowest BCUT2D eigenvalue weighted by molar-refractivity contribution is 0.0415. The molecule has 4 bridgehead atoms. The average molecular weight is 274 g/mol. The molecule has 0 N–H and O–H groups in total. The lowest BCUT2D eigenvalue weighted by atomic mass is 9.57. The molecule has 0 aromatic carbocycles. The predicted molar refractivity (Wildman–Crippen MR) is 87.5 cm³/mol. The first-order valence-corrected chi connectivity index (χ1v) is 8.82. The quantitative estimate of drug-likeness (QED) is 0.480. The van der Waals surface area contributed by atoms with Gasteiger partial charge in [-0.25, -0.2) is 0 Å². The van der Waals surface area contributed by atoms with E-state index in [1.165, 1.54) is 12.8 Å². The molecule has 4 unspecified atom stereocenters. The van der Waals surface area contributed by atoms with E-state index < -0.39 is 0 Å². The minimum Gasteiger partial charge on any atom is -0.0704 e. The molecule has 0 heteroatoms. The number of hydrogen-bond acceptors (Lipinski definition) is 0. The molecule has 0 nitrogen and oxygen atoms in total. The van der Waals surface area contributed by atoms with Crippen LogP contribution in [0.1, 0.15) is 68.2 Å². The molecule has 0 aromatic rings. The van der Waals surface area contributed by atoms with Crippen LogP contribution < -0.4 is 0 Å². The summed E-state index contributed by atoms with van der Waals surface area (Å²) >= 11 is 0. The summed E-state index contributed by atoms with van der Waals surface area (Å²) in [6.45, 7) is 20.2. The first-order valence-electron chi connectivity index (χ1n) is 8.82. The first-order chi connectivity index (χ1) is 9.14. The summed E-state index contributed by atoms with van der Waals surface area (Å²) in [5.74, 6) is 5.30. The molecule has 3 aliphatic rings. The second-order valence-electron chi connectivity index (χ2n) is 9.14. The fourth-order valence-corrected chi connectivity index (χ4v) is 6.72. The molecule has 0 amide bonds. The zero-order chi connectivity index (χ0) is 15.0. The molecule has 2 fully saturated rings. The van der Waals surface area contributed by atoms with Gasteiger partial charge in [-0.15, -0.1) is 0 Å². The molecule has 0 saturated heterocycles. The second kappa shape index (κ2) is 4.14. The van der Waals surface area contributed by atoms with Crippen molar-refractivity contribution in [3.63, 3.8) is 0 Å². The summed E-state index contributed by atoms with van der Waals surface area (Å²) in [6.07, 6.45) is 2.85. The van der Waals surface area contributed by atoms with Crippen LogP contribution in [-0.2, 0) is 0 Å². The Kier molecular flexibility index (Phi) is 3.04. The molecule has 0 spiro atoms. The molecule has 0 aliphatic heterocycles. The minimum atomic E-state index is 0.445. The standard InChI is InChI=1S/C20H34/c1-11-13(3)19(7)10-20(8)14(4)12(2)18(16(20)6)9-17(11)15(19)5/h11,13,15-18H,9-10H2,1-8H3/t11?,13-,15?,16?,17+,18+,19?,20-/m0/s1.